The molecule has 0 heterocycles. The predicted molar refractivity (Wildman–Crippen MR) is 213 cm³/mol. The maximum atomic E-state index is 6.30. The molecule has 0 aromatic heterocycles. The molecule has 278 valence electrons. The van der Waals surface area contributed by atoms with Crippen LogP contribution in [0.3, 0.4) is 0 Å². The van der Waals surface area contributed by atoms with E-state index in [4.69, 9.17) is 53.2 Å². The molecular weight excluding hydrogens is 749 g/mol. The van der Waals surface area contributed by atoms with Crippen LogP contribution in [-0.4, -0.2) is 73.5 Å². The minimum atomic E-state index is -3.38. The van der Waals surface area contributed by atoms with Crippen molar-refractivity contribution in [2.24, 2.45) is 0 Å². The van der Waals surface area contributed by atoms with Gasteiger partial charge in [0.2, 0.25) is 0 Å². The van der Waals surface area contributed by atoms with E-state index in [0.29, 0.717) is 24.7 Å². The summed E-state index contributed by atoms with van der Waals surface area (Å²) in [4.78, 5) is 4.07. The summed E-state index contributed by atoms with van der Waals surface area (Å²) in [5.74, 6) is 2.82. The second-order valence-corrected chi connectivity index (χ2v) is 19.2. The van der Waals surface area contributed by atoms with Crippen LogP contribution < -0.4 is 18.5 Å². The van der Waals surface area contributed by atoms with Gasteiger partial charge >= 0.3 is 254 Å². The molecule has 1 atom stereocenters. The Balaban J connectivity index is 1.28. The SMILES string of the molecule is COc1cccc(CCc2ccccc2OC[C@H](CN(C)C)OCO[PH](S)(OC)Oc2ccc(Sc3ccc(OP(=S)(OC)OC)cc3)cc2)c1. The van der Waals surface area contributed by atoms with Crippen LogP contribution in [0.5, 0.6) is 23.0 Å². The van der Waals surface area contributed by atoms with Crippen LogP contribution in [0.4, 0.5) is 0 Å². The van der Waals surface area contributed by atoms with Crippen molar-refractivity contribution in [3.05, 3.63) is 108 Å². The van der Waals surface area contributed by atoms with E-state index < -0.39 is 13.9 Å². The molecule has 0 N–H and O–H groups in total. The molecule has 0 unspecified atom stereocenters. The van der Waals surface area contributed by atoms with Gasteiger partial charge in [0.15, 0.2) is 0 Å². The molecule has 0 bridgehead atoms. The molecule has 51 heavy (non-hydrogen) atoms. The van der Waals surface area contributed by atoms with Crippen molar-refractivity contribution >= 4 is 49.7 Å². The number of para-hydroxylation sites is 1. The van der Waals surface area contributed by atoms with Gasteiger partial charge in [0.1, 0.15) is 5.75 Å². The summed E-state index contributed by atoms with van der Waals surface area (Å²) in [6.07, 6.45) is 1.41. The van der Waals surface area contributed by atoms with Crippen LogP contribution in [0.2, 0.25) is 0 Å². The average molecular weight is 796 g/mol. The van der Waals surface area contributed by atoms with Crippen molar-refractivity contribution in [2.45, 2.75) is 28.7 Å². The van der Waals surface area contributed by atoms with E-state index in [1.54, 1.807) is 18.9 Å². The molecular formula is C36H47NO9P2S3. The van der Waals surface area contributed by atoms with Crippen LogP contribution in [0.15, 0.2) is 107 Å². The fourth-order valence-electron chi connectivity index (χ4n) is 4.74. The van der Waals surface area contributed by atoms with E-state index in [1.807, 2.05) is 97.9 Å². The Hall–Kier alpha value is -2.38. The van der Waals surface area contributed by atoms with Crippen molar-refractivity contribution in [1.82, 2.24) is 4.90 Å². The number of benzene rings is 4. The second-order valence-electron chi connectivity index (χ2n) is 11.4. The van der Waals surface area contributed by atoms with Gasteiger partial charge < -0.3 is 13.8 Å². The molecule has 0 amide bonds. The summed E-state index contributed by atoms with van der Waals surface area (Å²) < 4.78 is 51.6. The molecule has 15 heteroatoms. The molecule has 0 aliphatic rings. The summed E-state index contributed by atoms with van der Waals surface area (Å²) >= 11 is 11.5. The van der Waals surface area contributed by atoms with Gasteiger partial charge in [0, 0.05) is 26.0 Å². The van der Waals surface area contributed by atoms with Crippen molar-refractivity contribution in [3.63, 3.8) is 0 Å². The summed E-state index contributed by atoms with van der Waals surface area (Å²) in [7, 11) is 6.73. The van der Waals surface area contributed by atoms with E-state index in [1.165, 1.54) is 26.9 Å². The number of methoxy groups -OCH3 is 1. The number of ether oxygens (including phenoxy) is 3. The quantitative estimate of drug-likeness (QED) is 0.0469. The molecule has 0 aliphatic carbocycles. The summed E-state index contributed by atoms with van der Waals surface area (Å²) in [6.45, 7) is -1.92. The summed E-state index contributed by atoms with van der Waals surface area (Å²) in [6, 6.07) is 31.4. The first kappa shape index (κ1) is 41.4. The molecule has 10 nitrogen and oxygen atoms in total. The third-order valence-electron chi connectivity index (χ3n) is 7.38. The molecule has 4 rings (SSSR count). The van der Waals surface area contributed by atoms with E-state index in [0.717, 1.165) is 39.7 Å². The Morgan fingerprint density at radius 1 is 0.804 bits per heavy atom. The van der Waals surface area contributed by atoms with Gasteiger partial charge in [-0.15, -0.1) is 0 Å². The van der Waals surface area contributed by atoms with E-state index in [2.05, 4.69) is 30.4 Å². The van der Waals surface area contributed by atoms with Gasteiger partial charge in [0.05, 0.1) is 7.11 Å². The summed E-state index contributed by atoms with van der Waals surface area (Å²) in [5.41, 5.74) is 2.33. The van der Waals surface area contributed by atoms with Crippen LogP contribution in [0.25, 0.3) is 0 Å². The molecule has 0 saturated carbocycles. The molecule has 0 fully saturated rings. The number of hydrogen-bond donors (Lipinski definition) is 1. The van der Waals surface area contributed by atoms with Gasteiger partial charge in [-0.2, -0.15) is 0 Å². The molecule has 4 aromatic carbocycles. The van der Waals surface area contributed by atoms with Crippen LogP contribution in [0.1, 0.15) is 11.1 Å². The zero-order chi connectivity index (χ0) is 36.7. The van der Waals surface area contributed by atoms with Gasteiger partial charge in [-0.3, -0.25) is 0 Å². The minimum absolute atomic E-state index is 0.0834. The Morgan fingerprint density at radius 3 is 2.10 bits per heavy atom. The zero-order valence-electron chi connectivity index (χ0n) is 29.7. The van der Waals surface area contributed by atoms with Gasteiger partial charge in [0.25, 0.3) is 0 Å². The van der Waals surface area contributed by atoms with E-state index in [9.17, 15) is 0 Å². The first-order valence-electron chi connectivity index (χ1n) is 16.1. The molecule has 4 aromatic rings. The third kappa shape index (κ3) is 13.8. The van der Waals surface area contributed by atoms with Crippen molar-refractivity contribution in [2.75, 3.05) is 62.5 Å². The molecule has 0 radical (unpaired) electrons. The second kappa shape index (κ2) is 20.8. The Labute approximate surface area is 317 Å². The fraction of sp³-hybridized carbons (Fsp3) is 0.333. The summed E-state index contributed by atoms with van der Waals surface area (Å²) in [5, 5.41) is 0. The topological polar surface area (TPSA) is 86.3 Å². The van der Waals surface area contributed by atoms with E-state index in [-0.39, 0.29) is 12.9 Å². The van der Waals surface area contributed by atoms with Gasteiger partial charge in [-0.25, -0.2) is 0 Å². The van der Waals surface area contributed by atoms with Crippen LogP contribution in [-0.2, 0) is 47.5 Å². The predicted octanol–water partition coefficient (Wildman–Crippen LogP) is 8.89. The van der Waals surface area contributed by atoms with Crippen LogP contribution in [0, 0.1) is 0 Å². The number of nitrogens with zero attached hydrogens (tertiary/aromatic N) is 1. The fourth-order valence-corrected chi connectivity index (χ4v) is 7.88. The standard InChI is InChI=1S/C36H47NO9P2S3/c1-37(2)25-33(26-42-36-13-8-7-11-29(36)15-14-28-10-9-12-32(24-28)38-3)43-27-44-48(50,41-6)46-31-18-22-35(23-19-31)51-34-20-16-30(17-21-34)45-47(49,39-4)40-5/h7-13,16-24,33,48,50H,14-15,25-27H2,1-6H3/t33-/m0/s1. The number of likely N-dealkylation sites (N-methyl/N-ethyl adjacent to an activating group) is 1. The maximum absolute atomic E-state index is 6.30. The van der Waals surface area contributed by atoms with Crippen molar-refractivity contribution < 1.29 is 41.4 Å². The van der Waals surface area contributed by atoms with E-state index >= 15 is 0 Å². The third-order valence-corrected chi connectivity index (χ3v) is 13.5. The van der Waals surface area contributed by atoms with Crippen molar-refractivity contribution in [1.29, 1.82) is 0 Å². The first-order valence-corrected chi connectivity index (χ1v) is 22.4. The number of rotatable bonds is 22. The number of thiol groups is 1. The Kier molecular flexibility index (Phi) is 16.8. The van der Waals surface area contributed by atoms with Gasteiger partial charge in [-0.05, 0) is 6.07 Å². The normalized spacial score (nSPS) is 12.8. The Morgan fingerprint density at radius 2 is 1.47 bits per heavy atom. The first-order chi connectivity index (χ1) is 24.6. The average Bonchev–Trinajstić information content (AvgIpc) is 3.14. The monoisotopic (exact) mass is 795 g/mol. The zero-order valence-corrected chi connectivity index (χ0v) is 34.1. The van der Waals surface area contributed by atoms with Crippen molar-refractivity contribution in [3.8, 4) is 23.0 Å². The van der Waals surface area contributed by atoms with Gasteiger partial charge in [-0.1, -0.05) is 6.07 Å². The van der Waals surface area contributed by atoms with Crippen LogP contribution >= 0.6 is 37.9 Å². The molecule has 0 spiro atoms. The Bertz CT molecular complexity index is 1680. The number of aryl methyl sites for hydroxylation is 2. The molecule has 0 aliphatic heterocycles. The molecule has 0 saturated heterocycles. The number of hydrogen-bond acceptors (Lipinski definition) is 13.